The highest BCUT2D eigenvalue weighted by molar-refractivity contribution is 6.32. The second-order valence-corrected chi connectivity index (χ2v) is 6.93. The molecule has 0 saturated carbocycles. The van der Waals surface area contributed by atoms with E-state index in [1.54, 1.807) is 12.2 Å². The van der Waals surface area contributed by atoms with E-state index in [1.165, 1.54) is 5.56 Å². The van der Waals surface area contributed by atoms with E-state index in [0.717, 1.165) is 43.3 Å². The van der Waals surface area contributed by atoms with Crippen LogP contribution in [-0.4, -0.2) is 41.9 Å². The van der Waals surface area contributed by atoms with E-state index >= 15 is 0 Å². The average molecular weight is 375 g/mol. The number of hydrogen-bond donors (Lipinski definition) is 0. The molecule has 0 atom stereocenters. The number of nitrogens with zero attached hydrogens (tertiary/aromatic N) is 2. The van der Waals surface area contributed by atoms with Gasteiger partial charge in [-0.05, 0) is 35.4 Å². The summed E-state index contributed by atoms with van der Waals surface area (Å²) >= 11 is 12.1. The molecule has 5 heteroatoms. The van der Waals surface area contributed by atoms with E-state index in [0.29, 0.717) is 5.02 Å². The van der Waals surface area contributed by atoms with Crippen molar-refractivity contribution in [3.8, 4) is 0 Å². The molecule has 1 amide bonds. The van der Waals surface area contributed by atoms with Gasteiger partial charge in [0.25, 0.3) is 0 Å². The van der Waals surface area contributed by atoms with Crippen molar-refractivity contribution < 1.29 is 4.79 Å². The van der Waals surface area contributed by atoms with Crippen LogP contribution in [0, 0.1) is 0 Å². The topological polar surface area (TPSA) is 23.6 Å². The van der Waals surface area contributed by atoms with Gasteiger partial charge in [-0.15, -0.1) is 0 Å². The van der Waals surface area contributed by atoms with Gasteiger partial charge < -0.3 is 4.90 Å². The van der Waals surface area contributed by atoms with Gasteiger partial charge in [0.05, 0.1) is 0 Å². The Morgan fingerprint density at radius 2 is 1.76 bits per heavy atom. The highest BCUT2D eigenvalue weighted by Gasteiger charge is 2.19. The number of amides is 1. The quantitative estimate of drug-likeness (QED) is 0.742. The van der Waals surface area contributed by atoms with Gasteiger partial charge in [-0.2, -0.15) is 0 Å². The monoisotopic (exact) mass is 374 g/mol. The molecule has 1 aliphatic heterocycles. The molecular formula is C20H20Cl2N2O. The Bertz CT molecular complexity index is 768. The molecule has 0 aliphatic carbocycles. The van der Waals surface area contributed by atoms with Gasteiger partial charge in [0, 0.05) is 48.8 Å². The van der Waals surface area contributed by atoms with Crippen molar-refractivity contribution in [2.45, 2.75) is 6.54 Å². The number of carbonyl (C=O) groups excluding carboxylic acids is 1. The lowest BCUT2D eigenvalue weighted by Gasteiger charge is -2.34. The lowest BCUT2D eigenvalue weighted by molar-refractivity contribution is -0.127. The number of halogens is 2. The lowest BCUT2D eigenvalue weighted by atomic mass is 10.2. The van der Waals surface area contributed by atoms with Crippen molar-refractivity contribution in [2.75, 3.05) is 26.2 Å². The van der Waals surface area contributed by atoms with Gasteiger partial charge in [0.2, 0.25) is 5.91 Å². The third kappa shape index (κ3) is 5.08. The second-order valence-electron chi connectivity index (χ2n) is 6.09. The number of benzene rings is 2. The summed E-state index contributed by atoms with van der Waals surface area (Å²) in [5.41, 5.74) is 2.06. The number of rotatable bonds is 4. The van der Waals surface area contributed by atoms with Crippen LogP contribution in [0.15, 0.2) is 54.6 Å². The van der Waals surface area contributed by atoms with Crippen molar-refractivity contribution >= 4 is 35.2 Å². The van der Waals surface area contributed by atoms with E-state index in [2.05, 4.69) is 11.0 Å². The average Bonchev–Trinajstić information content (AvgIpc) is 2.61. The molecule has 1 saturated heterocycles. The van der Waals surface area contributed by atoms with Crippen LogP contribution in [0.25, 0.3) is 6.08 Å². The fourth-order valence-electron chi connectivity index (χ4n) is 2.90. The molecule has 0 radical (unpaired) electrons. The molecule has 3 rings (SSSR count). The molecule has 0 bridgehead atoms. The maximum atomic E-state index is 12.4. The first kappa shape index (κ1) is 18.0. The van der Waals surface area contributed by atoms with Crippen molar-refractivity contribution in [3.63, 3.8) is 0 Å². The zero-order valence-electron chi connectivity index (χ0n) is 13.9. The Balaban J connectivity index is 1.51. The second kappa shape index (κ2) is 8.52. The van der Waals surface area contributed by atoms with Crippen LogP contribution < -0.4 is 0 Å². The molecule has 2 aromatic rings. The van der Waals surface area contributed by atoms with E-state index in [4.69, 9.17) is 23.2 Å². The van der Waals surface area contributed by atoms with Crippen molar-refractivity contribution in [3.05, 3.63) is 75.8 Å². The van der Waals surface area contributed by atoms with E-state index in [1.807, 2.05) is 47.4 Å². The van der Waals surface area contributed by atoms with Crippen LogP contribution >= 0.6 is 23.2 Å². The Morgan fingerprint density at radius 3 is 2.48 bits per heavy atom. The molecule has 0 spiro atoms. The summed E-state index contributed by atoms with van der Waals surface area (Å²) in [6, 6.07) is 15.4. The summed E-state index contributed by atoms with van der Waals surface area (Å²) in [5, 5.41) is 1.41. The third-order valence-corrected chi connectivity index (χ3v) is 4.87. The van der Waals surface area contributed by atoms with Gasteiger partial charge >= 0.3 is 0 Å². The van der Waals surface area contributed by atoms with Gasteiger partial charge in [-0.3, -0.25) is 9.69 Å². The summed E-state index contributed by atoms with van der Waals surface area (Å²) in [6.45, 7) is 4.03. The molecule has 3 nitrogen and oxygen atoms in total. The molecule has 1 heterocycles. The van der Waals surface area contributed by atoms with Gasteiger partial charge in [0.15, 0.2) is 0 Å². The number of hydrogen-bond acceptors (Lipinski definition) is 2. The minimum Gasteiger partial charge on any atom is -0.337 e. The summed E-state index contributed by atoms with van der Waals surface area (Å²) in [6.07, 6.45) is 3.39. The highest BCUT2D eigenvalue weighted by atomic mass is 35.5. The minimum atomic E-state index is 0.0299. The fraction of sp³-hybridized carbons (Fsp3) is 0.250. The van der Waals surface area contributed by atoms with E-state index in [-0.39, 0.29) is 5.91 Å². The summed E-state index contributed by atoms with van der Waals surface area (Å²) in [5.74, 6) is 0.0299. The smallest absolute Gasteiger partial charge is 0.246 e. The Kier molecular flexibility index (Phi) is 6.14. The molecule has 1 aliphatic rings. The molecule has 25 heavy (non-hydrogen) atoms. The van der Waals surface area contributed by atoms with Crippen molar-refractivity contribution in [1.82, 2.24) is 9.80 Å². The predicted molar refractivity (Wildman–Crippen MR) is 104 cm³/mol. The largest absolute Gasteiger partial charge is 0.337 e. The third-order valence-electron chi connectivity index (χ3n) is 4.29. The molecule has 0 aromatic heterocycles. The van der Waals surface area contributed by atoms with Crippen molar-refractivity contribution in [2.24, 2.45) is 0 Å². The minimum absolute atomic E-state index is 0.0299. The van der Waals surface area contributed by atoms with Gasteiger partial charge in [-0.1, -0.05) is 53.5 Å². The molecule has 130 valence electrons. The number of piperazine rings is 1. The molecule has 0 N–H and O–H groups in total. The van der Waals surface area contributed by atoms with E-state index < -0.39 is 0 Å². The van der Waals surface area contributed by atoms with Crippen LogP contribution in [0.4, 0.5) is 0 Å². The number of carbonyl (C=O) groups is 1. The normalized spacial score (nSPS) is 15.7. The zero-order chi connectivity index (χ0) is 17.6. The molecule has 1 fully saturated rings. The summed E-state index contributed by atoms with van der Waals surface area (Å²) in [7, 11) is 0. The van der Waals surface area contributed by atoms with Gasteiger partial charge in [-0.25, -0.2) is 0 Å². The van der Waals surface area contributed by atoms with Crippen LogP contribution in [0.3, 0.4) is 0 Å². The Morgan fingerprint density at radius 1 is 1.00 bits per heavy atom. The molecular weight excluding hydrogens is 355 g/mol. The van der Waals surface area contributed by atoms with Crippen LogP contribution in [0.2, 0.25) is 10.0 Å². The first-order valence-electron chi connectivity index (χ1n) is 8.30. The maximum absolute atomic E-state index is 12.4. The Labute approximate surface area is 158 Å². The van der Waals surface area contributed by atoms with Crippen molar-refractivity contribution in [1.29, 1.82) is 0 Å². The SMILES string of the molecule is O=C(/C=C/c1ccccc1Cl)N1CCN(Cc2cccc(Cl)c2)CC1. The standard InChI is InChI=1S/C20H20Cl2N2O/c21-18-6-3-4-16(14-18)15-23-10-12-24(13-11-23)20(25)9-8-17-5-1-2-7-19(17)22/h1-9,14H,10-13,15H2/b9-8+. The van der Waals surface area contributed by atoms with Gasteiger partial charge in [0.1, 0.15) is 0 Å². The lowest BCUT2D eigenvalue weighted by Crippen LogP contribution is -2.47. The zero-order valence-corrected chi connectivity index (χ0v) is 15.4. The van der Waals surface area contributed by atoms with Crippen LogP contribution in [0.5, 0.6) is 0 Å². The fourth-order valence-corrected chi connectivity index (χ4v) is 3.31. The first-order valence-corrected chi connectivity index (χ1v) is 9.06. The Hall–Kier alpha value is -1.81. The molecule has 2 aromatic carbocycles. The highest BCUT2D eigenvalue weighted by Crippen LogP contribution is 2.17. The van der Waals surface area contributed by atoms with Crippen LogP contribution in [-0.2, 0) is 11.3 Å². The summed E-state index contributed by atoms with van der Waals surface area (Å²) in [4.78, 5) is 16.6. The maximum Gasteiger partial charge on any atom is 0.246 e. The summed E-state index contributed by atoms with van der Waals surface area (Å²) < 4.78 is 0. The molecule has 0 unspecified atom stereocenters. The van der Waals surface area contributed by atoms with E-state index in [9.17, 15) is 4.79 Å². The predicted octanol–water partition coefficient (Wildman–Crippen LogP) is 4.35. The van der Waals surface area contributed by atoms with Crippen LogP contribution in [0.1, 0.15) is 11.1 Å². The first-order chi connectivity index (χ1) is 12.1.